The zero-order chi connectivity index (χ0) is 42.7. The van der Waals surface area contributed by atoms with Gasteiger partial charge in [-0.25, -0.2) is 19.0 Å². The summed E-state index contributed by atoms with van der Waals surface area (Å²) < 4.78 is 7.56. The van der Waals surface area contributed by atoms with Crippen molar-refractivity contribution < 1.29 is 28.4 Å². The molecule has 308 valence electrons. The Hall–Kier alpha value is -7.41. The number of benzene rings is 4. The lowest BCUT2D eigenvalue weighted by Gasteiger charge is -2.12. The van der Waals surface area contributed by atoms with Gasteiger partial charge < -0.3 is 4.84 Å². The van der Waals surface area contributed by atoms with Crippen molar-refractivity contribution in [1.82, 2.24) is 20.4 Å². The summed E-state index contributed by atoms with van der Waals surface area (Å²) >= 11 is 3.32. The third-order valence-electron chi connectivity index (χ3n) is 11.1. The second-order valence-electron chi connectivity index (χ2n) is 15.2. The van der Waals surface area contributed by atoms with Gasteiger partial charge in [0.1, 0.15) is 17.8 Å². The van der Waals surface area contributed by atoms with Gasteiger partial charge >= 0.3 is 5.97 Å². The van der Waals surface area contributed by atoms with E-state index >= 15 is 0 Å². The van der Waals surface area contributed by atoms with Crippen molar-refractivity contribution in [2.75, 3.05) is 0 Å². The molecule has 1 aliphatic rings. The monoisotopic (exact) mass is 864 g/mol. The maximum absolute atomic E-state index is 12.3. The van der Waals surface area contributed by atoms with Gasteiger partial charge in [-0.05, 0) is 74.4 Å². The van der Waals surface area contributed by atoms with Gasteiger partial charge in [-0.2, -0.15) is 0 Å². The highest BCUT2D eigenvalue weighted by Gasteiger charge is 2.32. The maximum Gasteiger partial charge on any atom is 0.333 e. The minimum Gasteiger partial charge on any atom is -0.330 e. The highest BCUT2D eigenvalue weighted by atomic mass is 32.1. The van der Waals surface area contributed by atoms with Crippen molar-refractivity contribution in [3.63, 3.8) is 0 Å². The minimum absolute atomic E-state index is 0.0680. The average Bonchev–Trinajstić information content (AvgIpc) is 4.18. The van der Waals surface area contributed by atoms with E-state index in [4.69, 9.17) is 14.5 Å². The molecule has 10 nitrogen and oxygen atoms in total. The largest absolute Gasteiger partial charge is 0.333 e. The van der Waals surface area contributed by atoms with Crippen LogP contribution in [-0.4, -0.2) is 38.1 Å². The van der Waals surface area contributed by atoms with Crippen molar-refractivity contribution in [1.29, 1.82) is 0 Å². The molecule has 5 aromatic heterocycles. The molecule has 0 N–H and O–H groups in total. The molecule has 63 heavy (non-hydrogen) atoms. The quantitative estimate of drug-likeness (QED) is 0.0638. The Labute approximate surface area is 370 Å². The van der Waals surface area contributed by atoms with Gasteiger partial charge in [0.15, 0.2) is 17.9 Å². The van der Waals surface area contributed by atoms with Crippen molar-refractivity contribution in [3.8, 4) is 75.4 Å². The summed E-state index contributed by atoms with van der Waals surface area (Å²) in [6.07, 6.45) is 5.46. The molecule has 6 heterocycles. The van der Waals surface area contributed by atoms with E-state index in [-0.39, 0.29) is 19.3 Å². The molecule has 0 spiro atoms. The molecule has 1 fully saturated rings. The maximum atomic E-state index is 12.3. The number of nitrogens with zero attached hydrogens (tertiary/aromatic N) is 5. The molecule has 0 aliphatic carbocycles. The van der Waals surface area contributed by atoms with E-state index in [2.05, 4.69) is 112 Å². The Kier molecular flexibility index (Phi) is 11.0. The first-order chi connectivity index (χ1) is 30.9. The number of amides is 2. The number of pyridine rings is 2. The standard InChI is InChI=1S/C51H38N5O5S2/c57-44-26-27-45(58)56(44)60-46(59)13-7-8-30-55-31-28-39(29-32-55)48-47(42-24-22-40(62-42)37-18-14-35(15-19-37)33-9-3-1-4-10-33)50-51(54-61-53-50)49(52-48)43-25-23-41(63-43)38-20-16-36(17-21-38)34-11-5-2-6-12-34/h1-6,9-12,14-25,28-29,31-32H,7-8,13,26-27,30H2/q+1. The zero-order valence-electron chi connectivity index (χ0n) is 33.8. The molecule has 0 saturated carbocycles. The summed E-state index contributed by atoms with van der Waals surface area (Å²) in [7, 11) is 0. The fourth-order valence-electron chi connectivity index (χ4n) is 7.75. The van der Waals surface area contributed by atoms with Crippen LogP contribution in [0.25, 0.3) is 86.4 Å². The van der Waals surface area contributed by atoms with E-state index in [9.17, 15) is 14.4 Å². The Morgan fingerprint density at radius 1 is 0.556 bits per heavy atom. The van der Waals surface area contributed by atoms with Crippen LogP contribution in [0.1, 0.15) is 32.1 Å². The predicted octanol–water partition coefficient (Wildman–Crippen LogP) is 11.5. The lowest BCUT2D eigenvalue weighted by molar-refractivity contribution is -0.697. The van der Waals surface area contributed by atoms with Gasteiger partial charge in [0.2, 0.25) is 0 Å². The third-order valence-corrected chi connectivity index (χ3v) is 13.4. The molecule has 9 aromatic rings. The number of rotatable bonds is 13. The number of carbonyl (C=O) groups excluding carboxylic acids is 3. The van der Waals surface area contributed by atoms with Crippen LogP contribution in [0, 0.1) is 0 Å². The molecule has 0 unspecified atom stereocenters. The summed E-state index contributed by atoms with van der Waals surface area (Å²) in [5, 5.41) is 9.56. The number of hydrogen-bond donors (Lipinski definition) is 0. The van der Waals surface area contributed by atoms with E-state index in [0.29, 0.717) is 41.2 Å². The van der Waals surface area contributed by atoms with E-state index in [0.717, 1.165) is 58.6 Å². The van der Waals surface area contributed by atoms with Gasteiger partial charge in [-0.3, -0.25) is 9.59 Å². The first-order valence-electron chi connectivity index (χ1n) is 20.7. The van der Waals surface area contributed by atoms with Crippen LogP contribution in [0.3, 0.4) is 0 Å². The number of imide groups is 1. The number of thiophene rings is 2. The number of hydrogen-bond acceptors (Lipinski definition) is 10. The van der Waals surface area contributed by atoms with Gasteiger partial charge in [0, 0.05) is 63.6 Å². The molecule has 4 aromatic carbocycles. The third kappa shape index (κ3) is 8.33. The molecule has 2 amide bonds. The van der Waals surface area contributed by atoms with E-state index in [1.807, 2.05) is 60.9 Å². The normalized spacial score (nSPS) is 12.7. The Balaban J connectivity index is 0.953. The van der Waals surface area contributed by atoms with Crippen molar-refractivity contribution >= 4 is 51.5 Å². The van der Waals surface area contributed by atoms with Crippen LogP contribution in [0.5, 0.6) is 0 Å². The van der Waals surface area contributed by atoms with Gasteiger partial charge in [0.05, 0.1) is 10.6 Å². The molecule has 1 saturated heterocycles. The van der Waals surface area contributed by atoms with Crippen molar-refractivity contribution in [3.05, 3.63) is 158 Å². The Bertz CT molecular complexity index is 3070. The molecule has 12 heteroatoms. The van der Waals surface area contributed by atoms with Crippen LogP contribution in [0.15, 0.2) is 163 Å². The van der Waals surface area contributed by atoms with Gasteiger partial charge in [0.25, 0.3) is 11.8 Å². The second-order valence-corrected chi connectivity index (χ2v) is 17.4. The molecular formula is C51H38N5O5S2+. The number of fused-ring (bicyclic) bond motifs is 1. The Morgan fingerprint density at radius 2 is 1.06 bits per heavy atom. The molecule has 1 aliphatic heterocycles. The molecule has 0 bridgehead atoms. The topological polar surface area (TPSA) is 119 Å². The van der Waals surface area contributed by atoms with Gasteiger partial charge in [-0.15, -0.1) is 27.7 Å². The van der Waals surface area contributed by atoms with Crippen LogP contribution < -0.4 is 4.57 Å². The van der Waals surface area contributed by atoms with Crippen LogP contribution in [-0.2, 0) is 25.8 Å². The average molecular weight is 865 g/mol. The Morgan fingerprint density at radius 3 is 1.67 bits per heavy atom. The lowest BCUT2D eigenvalue weighted by atomic mass is 10.0. The van der Waals surface area contributed by atoms with Crippen LogP contribution >= 0.6 is 22.7 Å². The summed E-state index contributed by atoms with van der Waals surface area (Å²) in [4.78, 5) is 50.6. The van der Waals surface area contributed by atoms with Crippen molar-refractivity contribution in [2.45, 2.75) is 38.6 Å². The zero-order valence-corrected chi connectivity index (χ0v) is 35.5. The fraction of sp³-hybridized carbons (Fsp3) is 0.118. The highest BCUT2D eigenvalue weighted by molar-refractivity contribution is 7.19. The number of hydroxylamine groups is 2. The summed E-state index contributed by atoms with van der Waals surface area (Å²) in [6.45, 7) is 0.647. The number of aromatic nitrogens is 4. The number of aryl methyl sites for hydroxylation is 1. The number of unbranched alkanes of at least 4 members (excludes halogenated alkanes) is 1. The van der Waals surface area contributed by atoms with E-state index in [1.165, 1.54) is 11.1 Å². The molecule has 0 atom stereocenters. The van der Waals surface area contributed by atoms with Crippen LogP contribution in [0.4, 0.5) is 0 Å². The summed E-state index contributed by atoms with van der Waals surface area (Å²) in [5.41, 5.74) is 11.3. The summed E-state index contributed by atoms with van der Waals surface area (Å²) in [6, 6.07) is 50.5. The van der Waals surface area contributed by atoms with Crippen LogP contribution in [0.2, 0.25) is 0 Å². The summed E-state index contributed by atoms with van der Waals surface area (Å²) in [5.74, 6) is -1.55. The first-order valence-corrected chi connectivity index (χ1v) is 22.3. The molecular weight excluding hydrogens is 827 g/mol. The first kappa shape index (κ1) is 39.7. The minimum atomic E-state index is -0.592. The van der Waals surface area contributed by atoms with E-state index < -0.39 is 17.8 Å². The highest BCUT2D eigenvalue weighted by Crippen LogP contribution is 2.45. The number of carbonyl (C=O) groups is 3. The SMILES string of the molecule is O=C(CCCC[n+]1ccc(-c2nc(-c3ccc(-c4ccc(-c5ccccc5)cc4)s3)c3nonc3c2-c2ccc(-c3ccc(-c4ccccc4)cc3)s2)cc1)ON1C(=O)CCC1=O. The predicted molar refractivity (Wildman–Crippen MR) is 245 cm³/mol. The van der Waals surface area contributed by atoms with E-state index in [1.54, 1.807) is 22.7 Å². The lowest BCUT2D eigenvalue weighted by Crippen LogP contribution is -2.33. The van der Waals surface area contributed by atoms with Gasteiger partial charge in [-0.1, -0.05) is 109 Å². The second kappa shape index (κ2) is 17.5. The fourth-order valence-corrected chi connectivity index (χ4v) is 9.81. The molecule has 0 radical (unpaired) electrons. The smallest absolute Gasteiger partial charge is 0.330 e. The van der Waals surface area contributed by atoms with Crippen molar-refractivity contribution in [2.24, 2.45) is 0 Å². The molecule has 10 rings (SSSR count).